The Kier molecular flexibility index (Phi) is 40.2. The lowest BCUT2D eigenvalue weighted by atomic mass is 10.0. The van der Waals surface area contributed by atoms with Crippen LogP contribution < -0.4 is 0 Å². The second kappa shape index (κ2) is 47.6. The smallest absolute Gasteiger partial charge is 0.192 e. The zero-order chi connectivity index (χ0) is 77.0. The van der Waals surface area contributed by atoms with Gasteiger partial charge in [-0.1, -0.05) is 208 Å². The summed E-state index contributed by atoms with van der Waals surface area (Å²) in [4.78, 5) is 11.0. The van der Waals surface area contributed by atoms with Crippen molar-refractivity contribution in [2.45, 2.75) is 218 Å². The predicted octanol–water partition coefficient (Wildman–Crippen LogP) is 28.2. The lowest BCUT2D eigenvalue weighted by Gasteiger charge is -2.35. The molecular weight excluding hydrogens is 1650 g/mol. The molecule has 1 N–H and O–H groups in total. The molecular formula is C95H114I2O2S6Si. The predicted molar refractivity (Wildman–Crippen MR) is 492 cm³/mol. The van der Waals surface area contributed by atoms with Gasteiger partial charge in [-0.25, -0.2) is 0 Å². The van der Waals surface area contributed by atoms with Gasteiger partial charge in [-0.05, 0) is 312 Å². The van der Waals surface area contributed by atoms with Crippen LogP contribution in [0.3, 0.4) is 0 Å². The number of halogens is 2. The van der Waals surface area contributed by atoms with E-state index < -0.39 is 8.32 Å². The van der Waals surface area contributed by atoms with Crippen molar-refractivity contribution in [2.75, 3.05) is 13.2 Å². The van der Waals surface area contributed by atoms with Gasteiger partial charge in [0.25, 0.3) is 0 Å². The van der Waals surface area contributed by atoms with Crippen molar-refractivity contribution >= 4 is 122 Å². The number of rotatable bonds is 21. The van der Waals surface area contributed by atoms with Gasteiger partial charge in [0.2, 0.25) is 0 Å². The van der Waals surface area contributed by atoms with Crippen LogP contribution in [0, 0.1) is 125 Å². The van der Waals surface area contributed by atoms with Gasteiger partial charge in [-0.15, -0.1) is 68.0 Å². The van der Waals surface area contributed by atoms with Gasteiger partial charge in [-0.3, -0.25) is 0 Å². The number of aryl methyl sites for hydroxylation is 11. The molecule has 0 spiro atoms. The molecule has 0 aliphatic heterocycles. The second-order valence-corrected chi connectivity index (χ2v) is 43.2. The van der Waals surface area contributed by atoms with Crippen LogP contribution in [0.1, 0.15) is 187 Å². The summed E-state index contributed by atoms with van der Waals surface area (Å²) in [5, 5.41) is 15.7. The third-order valence-corrected chi connectivity index (χ3v) is 33.7. The quantitative estimate of drug-likeness (QED) is 0.0336. The first-order valence-electron chi connectivity index (χ1n) is 37.4. The molecule has 0 aliphatic rings. The molecule has 0 aliphatic carbocycles. The minimum absolute atomic E-state index is 0.139. The average molecular weight is 1760 g/mol. The molecule has 0 saturated carbocycles. The van der Waals surface area contributed by atoms with E-state index in [4.69, 9.17) is 9.53 Å². The molecule has 0 fully saturated rings. The van der Waals surface area contributed by atoms with Gasteiger partial charge in [0.1, 0.15) is 0 Å². The fraction of sp³-hybridized carbons (Fsp3) is 0.368. The highest BCUT2D eigenvalue weighted by Crippen LogP contribution is 2.37. The number of benzene rings is 5. The van der Waals surface area contributed by atoms with E-state index in [9.17, 15) is 0 Å². The Morgan fingerprint density at radius 2 is 0.764 bits per heavy atom. The van der Waals surface area contributed by atoms with Gasteiger partial charge < -0.3 is 9.53 Å². The summed E-state index contributed by atoms with van der Waals surface area (Å²) in [6, 6.07) is 53.3. The van der Waals surface area contributed by atoms with E-state index in [-0.39, 0.29) is 11.6 Å². The van der Waals surface area contributed by atoms with Crippen molar-refractivity contribution < 1.29 is 9.53 Å². The summed E-state index contributed by atoms with van der Waals surface area (Å²) in [7, 11) is -1.66. The number of hydrogen-bond acceptors (Lipinski definition) is 8. The Balaban J connectivity index is 0.000000205. The molecule has 0 unspecified atom stereocenters. The first kappa shape index (κ1) is 89.5. The molecule has 0 radical (unpaired) electrons. The Labute approximate surface area is 693 Å². The van der Waals surface area contributed by atoms with Crippen LogP contribution in [0.25, 0.3) is 0 Å². The Morgan fingerprint density at radius 1 is 0.387 bits per heavy atom. The van der Waals surface area contributed by atoms with E-state index in [0.29, 0.717) is 6.42 Å². The fourth-order valence-electron chi connectivity index (χ4n) is 11.2. The maximum Gasteiger partial charge on any atom is 0.192 e. The molecule has 560 valence electrons. The number of aliphatic hydroxyl groups is 1. The molecule has 11 heteroatoms. The maximum atomic E-state index is 8.84. The van der Waals surface area contributed by atoms with Crippen LogP contribution in [-0.4, -0.2) is 26.6 Å². The highest BCUT2D eigenvalue weighted by Gasteiger charge is 2.36. The van der Waals surface area contributed by atoms with Gasteiger partial charge in [0.05, 0.1) is 19.2 Å². The van der Waals surface area contributed by atoms with Crippen LogP contribution >= 0.6 is 113 Å². The van der Waals surface area contributed by atoms with Crippen molar-refractivity contribution in [2.24, 2.45) is 0 Å². The minimum atomic E-state index is -1.66. The van der Waals surface area contributed by atoms with Crippen molar-refractivity contribution in [3.63, 3.8) is 0 Å². The van der Waals surface area contributed by atoms with Crippen molar-refractivity contribution in [1.29, 1.82) is 0 Å². The number of aliphatic hydroxyl groups excluding tert-OH is 1. The van der Waals surface area contributed by atoms with Gasteiger partial charge in [-0.2, -0.15) is 0 Å². The van der Waals surface area contributed by atoms with Crippen molar-refractivity contribution in [3.8, 4) is 35.5 Å². The van der Waals surface area contributed by atoms with E-state index in [2.05, 4.69) is 359 Å². The van der Waals surface area contributed by atoms with E-state index in [1.807, 2.05) is 51.4 Å². The number of hydrogen-bond donors (Lipinski definition) is 1. The van der Waals surface area contributed by atoms with Crippen LogP contribution in [0.15, 0.2) is 168 Å². The molecule has 0 saturated heterocycles. The monoisotopic (exact) mass is 1760 g/mol. The highest BCUT2D eigenvalue weighted by molar-refractivity contribution is 14.1. The zero-order valence-corrected chi connectivity index (χ0v) is 76.5. The molecule has 0 amide bonds. The van der Waals surface area contributed by atoms with Crippen LogP contribution in [-0.2, 0) is 62.2 Å². The third kappa shape index (κ3) is 30.8. The van der Waals surface area contributed by atoms with Crippen LogP contribution in [0.2, 0.25) is 18.1 Å². The normalized spacial score (nSPS) is 10.7. The summed E-state index contributed by atoms with van der Waals surface area (Å²) in [5.74, 6) is 19.6. The minimum Gasteiger partial charge on any atom is -0.416 e. The van der Waals surface area contributed by atoms with E-state index in [1.54, 1.807) is 33.8 Å². The average Bonchev–Trinajstić information content (AvgIpc) is 1.49. The maximum absolute atomic E-state index is 8.84. The Morgan fingerprint density at radius 3 is 1.12 bits per heavy atom. The molecule has 6 heterocycles. The third-order valence-electron chi connectivity index (χ3n) is 19.8. The summed E-state index contributed by atoms with van der Waals surface area (Å²) in [5.41, 5.74) is 22.7. The Bertz CT molecular complexity index is 4540. The summed E-state index contributed by atoms with van der Waals surface area (Å²) in [6.07, 6.45) is 16.2. The van der Waals surface area contributed by atoms with Crippen molar-refractivity contribution in [3.05, 3.63) is 302 Å². The molecule has 0 atom stereocenters. The molecule has 106 heavy (non-hydrogen) atoms. The molecule has 0 bridgehead atoms. The van der Waals surface area contributed by atoms with E-state index in [1.165, 1.54) is 168 Å². The van der Waals surface area contributed by atoms with E-state index in [0.717, 1.165) is 51.6 Å². The van der Waals surface area contributed by atoms with Crippen LogP contribution in [0.5, 0.6) is 0 Å². The Hall–Kier alpha value is -5.42. The topological polar surface area (TPSA) is 29.5 Å². The summed E-state index contributed by atoms with van der Waals surface area (Å²) < 4.78 is 9.12. The van der Waals surface area contributed by atoms with Gasteiger partial charge in [0.15, 0.2) is 8.32 Å². The molecule has 11 aromatic rings. The standard InChI is InChI=1S/C25H36OSSi.C19H22OS.C15H17IS.C15H18S.C15H14S.C6H7IS/c1-20-21(2)27-24(18-11-12-19-26-28(6,7)25(3,4)5)23(20)17-13-16-22-14-9-8-10-15-22;1-15-16(2)21-19(13-6-7-14-20)18(15)12-8-11-17-9-4-3-5-10-17;1-11-12(2)17-15(16)14(11)10-6-9-13-7-4-3-5-8-13;2*1-12-13(2)16-11-15(12)10-6-9-14-7-4-3-5-8-14;1-4-5(2)8-3-6(4)7/h8-10,14-15H,12-13,16-17,19H2,1-7H3;3-5,9-10,20H,7-8,11-12,14H2,1-2H3;3-5,7-8H,6,9-10H2,1-2H3;3-5,7-8,11H,6,9-10H2,1-2H3;3-5,7-8,11H,9H2,1-2H3;3H,1-2H3. The number of thiophene rings is 6. The lowest BCUT2D eigenvalue weighted by Crippen LogP contribution is -2.40. The molecule has 11 rings (SSSR count). The summed E-state index contributed by atoms with van der Waals surface area (Å²) in [6.45, 7) is 38.7. The van der Waals surface area contributed by atoms with Crippen molar-refractivity contribution in [1.82, 2.24) is 0 Å². The fourth-order valence-corrected chi connectivity index (χ4v) is 20.5. The SMILES string of the molecule is Cc1sc(C#CCCO)c(CCCc2ccccc2)c1C.Cc1sc(C#CCCO[Si](C)(C)C(C)(C)C)c(CCCc2ccccc2)c1C.Cc1sc(I)c(CCCc2ccccc2)c1C.Cc1scc(C#CCc2ccccc2)c1C.Cc1scc(CCCc2ccccc2)c1C.Cc1scc(I)c1C. The molecule has 2 nitrogen and oxygen atoms in total. The first-order chi connectivity index (χ1) is 50.8. The summed E-state index contributed by atoms with van der Waals surface area (Å²) >= 11 is 15.9. The van der Waals surface area contributed by atoms with Gasteiger partial charge >= 0.3 is 0 Å². The second-order valence-electron chi connectivity index (χ2n) is 28.5. The lowest BCUT2D eigenvalue weighted by molar-refractivity contribution is 0.296. The van der Waals surface area contributed by atoms with Gasteiger partial charge in [0, 0.05) is 75.0 Å². The molecule has 5 aromatic carbocycles. The van der Waals surface area contributed by atoms with E-state index >= 15 is 0 Å². The van der Waals surface area contributed by atoms with Crippen LogP contribution in [0.4, 0.5) is 0 Å². The first-order valence-corrected chi connectivity index (χ1v) is 47.5. The zero-order valence-electron chi connectivity index (χ0n) is 66.2. The largest absolute Gasteiger partial charge is 0.416 e. The highest BCUT2D eigenvalue weighted by atomic mass is 127. The molecule has 6 aromatic heterocycles.